The van der Waals surface area contributed by atoms with Crippen molar-refractivity contribution in [1.29, 1.82) is 0 Å². The van der Waals surface area contributed by atoms with Crippen LogP contribution in [0.25, 0.3) is 0 Å². The quantitative estimate of drug-likeness (QED) is 0.595. The van der Waals surface area contributed by atoms with Gasteiger partial charge < -0.3 is 19.1 Å². The Kier molecular flexibility index (Phi) is 7.62. The van der Waals surface area contributed by atoms with E-state index in [1.165, 1.54) is 27.9 Å². The summed E-state index contributed by atoms with van der Waals surface area (Å²) < 4.78 is 16.5. The van der Waals surface area contributed by atoms with Crippen LogP contribution in [0.2, 0.25) is 0 Å². The number of nitrogens with zero attached hydrogens (tertiary/aromatic N) is 2. The molecular formula is C25H36N2O3. The third kappa shape index (κ3) is 4.90. The molecule has 5 heteroatoms. The van der Waals surface area contributed by atoms with E-state index < -0.39 is 0 Å². The van der Waals surface area contributed by atoms with Crippen LogP contribution in [-0.4, -0.2) is 58.5 Å². The molecule has 2 aromatic rings. The highest BCUT2D eigenvalue weighted by Crippen LogP contribution is 2.32. The lowest BCUT2D eigenvalue weighted by atomic mass is 9.96. The Morgan fingerprint density at radius 1 is 0.867 bits per heavy atom. The fourth-order valence-corrected chi connectivity index (χ4v) is 4.23. The van der Waals surface area contributed by atoms with Crippen molar-refractivity contribution in [2.75, 3.05) is 58.5 Å². The third-order valence-electron chi connectivity index (χ3n) is 6.39. The molecule has 1 fully saturated rings. The Balaban J connectivity index is 1.65. The van der Waals surface area contributed by atoms with E-state index >= 15 is 0 Å². The SMILES string of the molecule is COCCOc1ccc(C(C)N2CCN(c3ccc(C)c(OC)c3)CC2)c(C)c1C. The first kappa shape index (κ1) is 22.4. The van der Waals surface area contributed by atoms with E-state index in [0.29, 0.717) is 19.3 Å². The van der Waals surface area contributed by atoms with Crippen LogP contribution in [0.15, 0.2) is 30.3 Å². The Bertz CT molecular complexity index is 845. The van der Waals surface area contributed by atoms with Crippen LogP contribution in [0.1, 0.15) is 35.2 Å². The maximum atomic E-state index is 5.87. The highest BCUT2D eigenvalue weighted by molar-refractivity contribution is 5.54. The van der Waals surface area contributed by atoms with Crippen LogP contribution < -0.4 is 14.4 Å². The maximum Gasteiger partial charge on any atom is 0.123 e. The second-order valence-electron chi connectivity index (χ2n) is 8.10. The topological polar surface area (TPSA) is 34.2 Å². The summed E-state index contributed by atoms with van der Waals surface area (Å²) in [6, 6.07) is 11.2. The molecule has 2 aromatic carbocycles. The largest absolute Gasteiger partial charge is 0.496 e. The van der Waals surface area contributed by atoms with Gasteiger partial charge in [0, 0.05) is 51.1 Å². The molecule has 0 N–H and O–H groups in total. The summed E-state index contributed by atoms with van der Waals surface area (Å²) in [5.41, 5.74) is 6.35. The van der Waals surface area contributed by atoms with Crippen molar-refractivity contribution in [1.82, 2.24) is 4.90 Å². The Morgan fingerprint density at radius 2 is 1.60 bits per heavy atom. The zero-order valence-electron chi connectivity index (χ0n) is 19.3. The lowest BCUT2D eigenvalue weighted by Gasteiger charge is -2.40. The minimum Gasteiger partial charge on any atom is -0.496 e. The molecule has 1 unspecified atom stereocenters. The second-order valence-corrected chi connectivity index (χ2v) is 8.10. The molecule has 1 heterocycles. The van der Waals surface area contributed by atoms with E-state index in [0.717, 1.165) is 37.7 Å². The summed E-state index contributed by atoms with van der Waals surface area (Å²) in [6.45, 7) is 14.1. The van der Waals surface area contributed by atoms with Gasteiger partial charge in [-0.05, 0) is 62.1 Å². The molecule has 5 nitrogen and oxygen atoms in total. The minimum atomic E-state index is 0.381. The summed E-state index contributed by atoms with van der Waals surface area (Å²) in [6.07, 6.45) is 0. The summed E-state index contributed by atoms with van der Waals surface area (Å²) in [4.78, 5) is 5.03. The molecule has 1 saturated heterocycles. The Morgan fingerprint density at radius 3 is 2.27 bits per heavy atom. The number of ether oxygens (including phenoxy) is 3. The van der Waals surface area contributed by atoms with Gasteiger partial charge in [0.15, 0.2) is 0 Å². The molecule has 1 atom stereocenters. The van der Waals surface area contributed by atoms with Crippen molar-refractivity contribution in [3.63, 3.8) is 0 Å². The standard InChI is InChI=1S/C25H36N2O3/c1-18-7-8-22(17-25(18)29-6)27-13-11-26(12-14-27)21(4)23-9-10-24(20(3)19(23)2)30-16-15-28-5/h7-10,17,21H,11-16H2,1-6H3. The molecule has 0 radical (unpaired) electrons. The Hall–Kier alpha value is -2.24. The average Bonchev–Trinajstić information content (AvgIpc) is 2.77. The average molecular weight is 413 g/mol. The summed E-state index contributed by atoms with van der Waals surface area (Å²) in [5, 5.41) is 0. The van der Waals surface area contributed by atoms with Crippen LogP contribution in [0.3, 0.4) is 0 Å². The zero-order chi connectivity index (χ0) is 21.7. The van der Waals surface area contributed by atoms with Crippen molar-refractivity contribution in [2.24, 2.45) is 0 Å². The summed E-state index contributed by atoms with van der Waals surface area (Å²) in [5.74, 6) is 1.92. The van der Waals surface area contributed by atoms with Crippen molar-refractivity contribution < 1.29 is 14.2 Å². The van der Waals surface area contributed by atoms with Crippen molar-refractivity contribution in [3.05, 3.63) is 52.6 Å². The molecule has 0 amide bonds. The van der Waals surface area contributed by atoms with E-state index in [1.807, 2.05) is 0 Å². The fourth-order valence-electron chi connectivity index (χ4n) is 4.23. The molecule has 0 saturated carbocycles. The van der Waals surface area contributed by atoms with Gasteiger partial charge in [-0.3, -0.25) is 4.90 Å². The predicted molar refractivity (Wildman–Crippen MR) is 123 cm³/mol. The van der Waals surface area contributed by atoms with Gasteiger partial charge in [-0.2, -0.15) is 0 Å². The van der Waals surface area contributed by atoms with Gasteiger partial charge in [-0.1, -0.05) is 12.1 Å². The van der Waals surface area contributed by atoms with Crippen molar-refractivity contribution >= 4 is 5.69 Å². The highest BCUT2D eigenvalue weighted by Gasteiger charge is 2.24. The molecule has 3 rings (SSSR count). The van der Waals surface area contributed by atoms with Gasteiger partial charge in [-0.25, -0.2) is 0 Å². The molecule has 1 aliphatic heterocycles. The van der Waals surface area contributed by atoms with Gasteiger partial charge in [0.1, 0.15) is 18.1 Å². The number of methoxy groups -OCH3 is 2. The lowest BCUT2D eigenvalue weighted by molar-refractivity contribution is 0.146. The van der Waals surface area contributed by atoms with Crippen LogP contribution in [0, 0.1) is 20.8 Å². The van der Waals surface area contributed by atoms with Crippen LogP contribution in [-0.2, 0) is 4.74 Å². The third-order valence-corrected chi connectivity index (χ3v) is 6.39. The zero-order valence-corrected chi connectivity index (χ0v) is 19.3. The smallest absolute Gasteiger partial charge is 0.123 e. The first-order valence-electron chi connectivity index (χ1n) is 10.8. The van der Waals surface area contributed by atoms with Gasteiger partial charge in [0.05, 0.1) is 13.7 Å². The number of hydrogen-bond donors (Lipinski definition) is 0. The highest BCUT2D eigenvalue weighted by atomic mass is 16.5. The maximum absolute atomic E-state index is 5.87. The summed E-state index contributed by atoms with van der Waals surface area (Å²) in [7, 11) is 3.44. The molecular weight excluding hydrogens is 376 g/mol. The van der Waals surface area contributed by atoms with Crippen LogP contribution in [0.5, 0.6) is 11.5 Å². The van der Waals surface area contributed by atoms with E-state index in [4.69, 9.17) is 14.2 Å². The fraction of sp³-hybridized carbons (Fsp3) is 0.520. The molecule has 1 aliphatic rings. The van der Waals surface area contributed by atoms with Gasteiger partial charge >= 0.3 is 0 Å². The number of rotatable bonds is 8. The second kappa shape index (κ2) is 10.2. The lowest BCUT2D eigenvalue weighted by Crippen LogP contribution is -2.47. The van der Waals surface area contributed by atoms with Crippen LogP contribution >= 0.6 is 0 Å². The van der Waals surface area contributed by atoms with Gasteiger partial charge in [0.2, 0.25) is 0 Å². The van der Waals surface area contributed by atoms with E-state index in [2.05, 4.69) is 67.8 Å². The van der Waals surface area contributed by atoms with E-state index in [9.17, 15) is 0 Å². The number of aryl methyl sites for hydroxylation is 1. The van der Waals surface area contributed by atoms with Gasteiger partial charge in [0.25, 0.3) is 0 Å². The monoisotopic (exact) mass is 412 g/mol. The first-order chi connectivity index (χ1) is 14.5. The number of piperazine rings is 1. The Labute approximate surface area is 181 Å². The summed E-state index contributed by atoms with van der Waals surface area (Å²) >= 11 is 0. The minimum absolute atomic E-state index is 0.381. The van der Waals surface area contributed by atoms with Crippen molar-refractivity contribution in [3.8, 4) is 11.5 Å². The number of hydrogen-bond acceptors (Lipinski definition) is 5. The first-order valence-corrected chi connectivity index (χ1v) is 10.8. The predicted octanol–water partition coefficient (Wildman–Crippen LogP) is 4.53. The van der Waals surface area contributed by atoms with Crippen molar-refractivity contribution in [2.45, 2.75) is 33.7 Å². The molecule has 0 spiro atoms. The van der Waals surface area contributed by atoms with E-state index in [1.54, 1.807) is 14.2 Å². The molecule has 0 aliphatic carbocycles. The number of anilines is 1. The van der Waals surface area contributed by atoms with Crippen LogP contribution in [0.4, 0.5) is 5.69 Å². The molecule has 0 bridgehead atoms. The molecule has 0 aromatic heterocycles. The number of benzene rings is 2. The normalized spacial score (nSPS) is 15.9. The van der Waals surface area contributed by atoms with E-state index in [-0.39, 0.29) is 0 Å². The molecule has 30 heavy (non-hydrogen) atoms. The molecule has 164 valence electrons. The van der Waals surface area contributed by atoms with Gasteiger partial charge in [-0.15, -0.1) is 0 Å².